The van der Waals surface area contributed by atoms with Gasteiger partial charge < -0.3 is 5.73 Å². The Morgan fingerprint density at radius 1 is 0.963 bits per heavy atom. The smallest absolute Gasteiger partial charge is 0.214 e. The predicted octanol–water partition coefficient (Wildman–Crippen LogP) is 4.90. The van der Waals surface area contributed by atoms with E-state index in [9.17, 15) is 0 Å². The van der Waals surface area contributed by atoms with Crippen LogP contribution in [0.5, 0.6) is 0 Å². The van der Waals surface area contributed by atoms with Crippen molar-refractivity contribution >= 4 is 41.9 Å². The van der Waals surface area contributed by atoms with Gasteiger partial charge in [0.2, 0.25) is 5.96 Å². The van der Waals surface area contributed by atoms with E-state index in [1.54, 1.807) is 30.5 Å². The summed E-state index contributed by atoms with van der Waals surface area (Å²) in [6, 6.07) is 22.0. The van der Waals surface area contributed by atoms with E-state index in [1.807, 2.05) is 0 Å². The molecule has 3 aromatic carbocycles. The van der Waals surface area contributed by atoms with Gasteiger partial charge in [-0.15, -0.1) is 12.4 Å². The van der Waals surface area contributed by atoms with Crippen LogP contribution < -0.4 is 11.2 Å². The highest BCUT2D eigenvalue weighted by Crippen LogP contribution is 2.36. The van der Waals surface area contributed by atoms with E-state index in [4.69, 9.17) is 17.3 Å². The van der Waals surface area contributed by atoms with Crippen molar-refractivity contribution in [3.8, 4) is 11.1 Å². The second-order valence-electron chi connectivity index (χ2n) is 6.09. The Kier molecular flexibility index (Phi) is 5.79. The van der Waals surface area contributed by atoms with E-state index in [0.717, 1.165) is 12.0 Å². The Morgan fingerprint density at radius 2 is 1.70 bits per heavy atom. The number of nitrogens with zero attached hydrogens (tertiary/aromatic N) is 2. The zero-order valence-electron chi connectivity index (χ0n) is 14.4. The first kappa shape index (κ1) is 19.0. The van der Waals surface area contributed by atoms with Gasteiger partial charge in [-0.05, 0) is 64.6 Å². The third kappa shape index (κ3) is 4.30. The van der Waals surface area contributed by atoms with Crippen LogP contribution in [0.25, 0.3) is 11.1 Å². The molecule has 0 spiro atoms. The van der Waals surface area contributed by atoms with Gasteiger partial charge >= 0.3 is 0 Å². The first-order valence-electron chi connectivity index (χ1n) is 8.29. The average Bonchev–Trinajstić information content (AvgIpc) is 3.01. The maximum atomic E-state index is 5.85. The van der Waals surface area contributed by atoms with Crippen molar-refractivity contribution in [2.45, 2.75) is 6.42 Å². The summed E-state index contributed by atoms with van der Waals surface area (Å²) in [6.07, 6.45) is 2.70. The summed E-state index contributed by atoms with van der Waals surface area (Å²) in [7, 11) is 0. The molecule has 0 fully saturated rings. The van der Waals surface area contributed by atoms with Crippen molar-refractivity contribution in [2.75, 3.05) is 0 Å². The minimum Gasteiger partial charge on any atom is -0.368 e. The normalized spacial score (nSPS) is 12.4. The van der Waals surface area contributed by atoms with Gasteiger partial charge in [0, 0.05) is 5.02 Å². The summed E-state index contributed by atoms with van der Waals surface area (Å²) < 4.78 is 0. The van der Waals surface area contributed by atoms with Crippen LogP contribution in [0.2, 0.25) is 5.02 Å². The predicted molar refractivity (Wildman–Crippen MR) is 115 cm³/mol. The van der Waals surface area contributed by atoms with E-state index in [1.165, 1.54) is 22.3 Å². The topological polar surface area (TPSA) is 62.8 Å². The Balaban J connectivity index is 0.00000210. The molecule has 0 aliphatic heterocycles. The Bertz CT molecular complexity index is 1010. The number of nitrogens with two attached hydrogens (primary N) is 1. The molecule has 0 saturated heterocycles. The van der Waals surface area contributed by atoms with Crippen LogP contribution in [0.1, 0.15) is 16.7 Å². The van der Waals surface area contributed by atoms with Crippen LogP contribution in [0.4, 0.5) is 5.69 Å². The molecule has 3 aromatic rings. The number of rotatable bonds is 3. The van der Waals surface area contributed by atoms with Crippen LogP contribution in [0, 0.1) is 0 Å². The number of guanidine groups is 1. The van der Waals surface area contributed by atoms with Crippen LogP contribution >= 0.6 is 24.0 Å². The lowest BCUT2D eigenvalue weighted by molar-refractivity contribution is 1.01. The molecule has 0 amide bonds. The zero-order valence-corrected chi connectivity index (χ0v) is 16.0. The number of fused-ring (bicyclic) bond motifs is 3. The summed E-state index contributed by atoms with van der Waals surface area (Å²) in [5, 5.41) is 4.83. The van der Waals surface area contributed by atoms with Crippen molar-refractivity contribution < 1.29 is 0 Å². The largest absolute Gasteiger partial charge is 0.368 e. The monoisotopic (exact) mass is 396 g/mol. The summed E-state index contributed by atoms with van der Waals surface area (Å²) in [5.41, 5.74) is 15.6. The molecular formula is C21H18Cl2N4. The number of halogens is 2. The highest BCUT2D eigenvalue weighted by atomic mass is 35.5. The molecule has 4 nitrogen and oxygen atoms in total. The van der Waals surface area contributed by atoms with Gasteiger partial charge in [0.25, 0.3) is 0 Å². The van der Waals surface area contributed by atoms with E-state index in [-0.39, 0.29) is 18.4 Å². The second-order valence-corrected chi connectivity index (χ2v) is 6.53. The van der Waals surface area contributed by atoms with E-state index >= 15 is 0 Å². The molecule has 4 rings (SSSR count). The van der Waals surface area contributed by atoms with Crippen LogP contribution in [-0.4, -0.2) is 12.2 Å². The molecule has 0 atom stereocenters. The minimum atomic E-state index is 0. The zero-order chi connectivity index (χ0) is 17.9. The maximum absolute atomic E-state index is 5.85. The fraction of sp³-hybridized carbons (Fsp3) is 0.0476. The lowest BCUT2D eigenvalue weighted by Crippen LogP contribution is -2.26. The van der Waals surface area contributed by atoms with Gasteiger partial charge in [-0.1, -0.05) is 48.0 Å². The van der Waals surface area contributed by atoms with Crippen molar-refractivity contribution in [3.63, 3.8) is 0 Å². The molecule has 0 aromatic heterocycles. The standard InChI is InChI=1S/C21H17ClN4.ClH/c22-17-6-8-18(9-7-17)25-21(23)26-24-13-14-5-10-20-16(11-14)12-15-3-1-2-4-19(15)20;/h1-11,13H,12H2,(H3,23,25,26);1H/b24-13+;. The van der Waals surface area contributed by atoms with Crippen molar-refractivity contribution in [1.82, 2.24) is 5.43 Å². The molecule has 1 aliphatic carbocycles. The fourth-order valence-corrected chi connectivity index (χ4v) is 3.22. The summed E-state index contributed by atoms with van der Waals surface area (Å²) in [6.45, 7) is 0. The minimum absolute atomic E-state index is 0. The molecule has 6 heteroatoms. The summed E-state index contributed by atoms with van der Waals surface area (Å²) in [4.78, 5) is 4.23. The van der Waals surface area contributed by atoms with Gasteiger partial charge in [0.1, 0.15) is 0 Å². The third-order valence-electron chi connectivity index (χ3n) is 4.29. The summed E-state index contributed by atoms with van der Waals surface area (Å²) >= 11 is 5.85. The molecule has 0 saturated carbocycles. The SMILES string of the molecule is Cl.NC(=Nc1ccc(Cl)cc1)N/N=C/c1ccc2c(c1)Cc1ccccc1-2. The average molecular weight is 397 g/mol. The van der Waals surface area contributed by atoms with Gasteiger partial charge in [0.05, 0.1) is 11.9 Å². The molecular weight excluding hydrogens is 379 g/mol. The Morgan fingerprint density at radius 3 is 2.52 bits per heavy atom. The van der Waals surface area contributed by atoms with Gasteiger partial charge in [-0.2, -0.15) is 5.10 Å². The van der Waals surface area contributed by atoms with Crippen LogP contribution in [0.3, 0.4) is 0 Å². The Hall–Kier alpha value is -2.82. The number of aliphatic imine (C=N–C) groups is 1. The highest BCUT2D eigenvalue weighted by molar-refractivity contribution is 6.30. The fourth-order valence-electron chi connectivity index (χ4n) is 3.10. The number of hydrogen-bond acceptors (Lipinski definition) is 2. The number of nitrogens with one attached hydrogen (secondary N) is 1. The second kappa shape index (κ2) is 8.25. The lowest BCUT2D eigenvalue weighted by Gasteiger charge is -2.02. The van der Waals surface area contributed by atoms with Crippen molar-refractivity contribution in [1.29, 1.82) is 0 Å². The maximum Gasteiger partial charge on any atom is 0.214 e. The quantitative estimate of drug-likeness (QED) is 0.293. The Labute approximate surface area is 169 Å². The number of benzene rings is 3. The van der Waals surface area contributed by atoms with E-state index < -0.39 is 0 Å². The van der Waals surface area contributed by atoms with Crippen LogP contribution in [0.15, 0.2) is 76.8 Å². The van der Waals surface area contributed by atoms with Crippen molar-refractivity contribution in [2.24, 2.45) is 15.8 Å². The molecule has 0 unspecified atom stereocenters. The molecule has 0 heterocycles. The third-order valence-corrected chi connectivity index (χ3v) is 4.54. The van der Waals surface area contributed by atoms with Gasteiger partial charge in [0.15, 0.2) is 0 Å². The lowest BCUT2D eigenvalue weighted by atomic mass is 10.0. The molecule has 1 aliphatic rings. The number of hydrazone groups is 1. The van der Waals surface area contributed by atoms with Gasteiger partial charge in [-0.3, -0.25) is 0 Å². The summed E-state index contributed by atoms with van der Waals surface area (Å²) in [5.74, 6) is 0.220. The van der Waals surface area contributed by atoms with E-state index in [2.05, 4.69) is 58.0 Å². The van der Waals surface area contributed by atoms with Crippen molar-refractivity contribution in [3.05, 3.63) is 88.4 Å². The first-order chi connectivity index (χ1) is 12.7. The molecule has 27 heavy (non-hydrogen) atoms. The molecule has 0 radical (unpaired) electrons. The van der Waals surface area contributed by atoms with Crippen LogP contribution in [-0.2, 0) is 6.42 Å². The highest BCUT2D eigenvalue weighted by Gasteiger charge is 2.17. The molecule has 136 valence electrons. The molecule has 0 bridgehead atoms. The molecule has 3 N–H and O–H groups in total. The number of hydrogen-bond donors (Lipinski definition) is 2. The van der Waals surface area contributed by atoms with E-state index in [0.29, 0.717) is 10.7 Å². The van der Waals surface area contributed by atoms with Gasteiger partial charge in [-0.25, -0.2) is 10.4 Å². The first-order valence-corrected chi connectivity index (χ1v) is 8.67.